The van der Waals surface area contributed by atoms with E-state index < -0.39 is 77.9 Å². The molecule has 37 heavy (non-hydrogen) atoms. The topological polar surface area (TPSA) is 134 Å². The van der Waals surface area contributed by atoms with Gasteiger partial charge in [-0.25, -0.2) is 18.4 Å². The molecule has 1 saturated carbocycles. The van der Waals surface area contributed by atoms with Gasteiger partial charge in [-0.2, -0.15) is 0 Å². The Balaban J connectivity index is 1.91. The summed E-state index contributed by atoms with van der Waals surface area (Å²) in [5.74, 6) is -6.09. The van der Waals surface area contributed by atoms with Crippen LogP contribution < -0.4 is 10.6 Å². The van der Waals surface area contributed by atoms with Crippen LogP contribution in [0.2, 0.25) is 0 Å². The molecule has 5 atom stereocenters. The molecule has 1 aliphatic carbocycles. The van der Waals surface area contributed by atoms with E-state index in [0.717, 1.165) is 4.90 Å². The van der Waals surface area contributed by atoms with Crippen molar-refractivity contribution in [3.8, 4) is 0 Å². The summed E-state index contributed by atoms with van der Waals surface area (Å²) >= 11 is 0. The lowest BCUT2D eigenvalue weighted by Gasteiger charge is -2.30. The minimum Gasteiger partial charge on any atom is -0.464 e. The van der Waals surface area contributed by atoms with Crippen LogP contribution in [-0.4, -0.2) is 82.3 Å². The van der Waals surface area contributed by atoms with Gasteiger partial charge in [0, 0.05) is 31.7 Å². The first-order valence-electron chi connectivity index (χ1n) is 12.7. The maximum Gasteiger partial charge on any atom is 0.408 e. The normalized spacial score (nSPS) is 33.1. The zero-order valence-electron chi connectivity index (χ0n) is 21.7. The van der Waals surface area contributed by atoms with Crippen LogP contribution in [0.25, 0.3) is 0 Å². The molecule has 0 aromatic rings. The van der Waals surface area contributed by atoms with Gasteiger partial charge in [-0.15, -0.1) is 0 Å². The number of hydrogen-bond donors (Lipinski definition) is 3. The first kappa shape index (κ1) is 28.8. The van der Waals surface area contributed by atoms with Crippen molar-refractivity contribution in [2.75, 3.05) is 13.2 Å². The van der Waals surface area contributed by atoms with Crippen LogP contribution in [0.5, 0.6) is 0 Å². The number of aliphatic hydroxyl groups is 1. The molecular formula is C25H37F2N3O7. The fraction of sp³-hybridized carbons (Fsp3) is 0.760. The molecule has 0 bridgehead atoms. The summed E-state index contributed by atoms with van der Waals surface area (Å²) in [6.07, 6.45) is -0.0451. The number of alkyl halides is 2. The van der Waals surface area contributed by atoms with Crippen molar-refractivity contribution in [2.45, 2.75) is 101 Å². The highest BCUT2D eigenvalue weighted by Gasteiger charge is 2.65. The minimum atomic E-state index is -3.09. The van der Waals surface area contributed by atoms with Gasteiger partial charge < -0.3 is 30.1 Å². The van der Waals surface area contributed by atoms with Crippen LogP contribution in [0.3, 0.4) is 0 Å². The summed E-state index contributed by atoms with van der Waals surface area (Å²) in [7, 11) is 0. The number of rotatable bonds is 3. The number of esters is 1. The number of hydrogen-bond acceptors (Lipinski definition) is 7. The van der Waals surface area contributed by atoms with E-state index in [9.17, 15) is 33.1 Å². The average molecular weight is 530 g/mol. The van der Waals surface area contributed by atoms with Crippen molar-refractivity contribution >= 4 is 23.9 Å². The average Bonchev–Trinajstić information content (AvgIpc) is 3.28. The quantitative estimate of drug-likeness (QED) is 0.376. The Bertz CT molecular complexity index is 936. The van der Waals surface area contributed by atoms with Gasteiger partial charge in [-0.05, 0) is 47.0 Å². The summed E-state index contributed by atoms with van der Waals surface area (Å²) in [5, 5.41) is 15.4. The fourth-order valence-electron chi connectivity index (χ4n) is 4.88. The fourth-order valence-corrected chi connectivity index (χ4v) is 4.88. The van der Waals surface area contributed by atoms with Crippen LogP contribution in [0, 0.1) is 5.92 Å². The molecule has 1 saturated heterocycles. The highest BCUT2D eigenvalue weighted by Crippen LogP contribution is 2.51. The minimum absolute atomic E-state index is 0.00491. The molecule has 0 aromatic heterocycles. The number of carbonyl (C=O) groups excluding carboxylic acids is 4. The van der Waals surface area contributed by atoms with Gasteiger partial charge in [0.1, 0.15) is 23.2 Å². The summed E-state index contributed by atoms with van der Waals surface area (Å²) in [4.78, 5) is 53.1. The van der Waals surface area contributed by atoms with Crippen molar-refractivity contribution in [3.63, 3.8) is 0 Å². The Morgan fingerprint density at radius 2 is 1.95 bits per heavy atom. The Morgan fingerprint density at radius 3 is 2.59 bits per heavy atom. The number of ether oxygens (including phenoxy) is 2. The van der Waals surface area contributed by atoms with E-state index in [1.165, 1.54) is 12.2 Å². The van der Waals surface area contributed by atoms with Gasteiger partial charge in [0.15, 0.2) is 0 Å². The number of fused-ring (bicyclic) bond motifs is 2. The number of nitrogens with one attached hydrogen (secondary N) is 2. The number of allylic oxidation sites excluding steroid dienone is 1. The molecule has 0 aromatic carbocycles. The van der Waals surface area contributed by atoms with E-state index in [1.807, 2.05) is 0 Å². The molecule has 10 nitrogen and oxygen atoms in total. The molecule has 3 amide bonds. The number of amides is 3. The summed E-state index contributed by atoms with van der Waals surface area (Å²) in [6.45, 7) is 6.40. The molecule has 0 spiro atoms. The third-order valence-corrected chi connectivity index (χ3v) is 6.71. The molecular weight excluding hydrogens is 492 g/mol. The van der Waals surface area contributed by atoms with Crippen LogP contribution in [0.4, 0.5) is 13.6 Å². The van der Waals surface area contributed by atoms with Gasteiger partial charge in [0.2, 0.25) is 17.7 Å². The molecule has 3 aliphatic rings. The van der Waals surface area contributed by atoms with E-state index in [2.05, 4.69) is 10.6 Å². The highest BCUT2D eigenvalue weighted by atomic mass is 19.3. The second-order valence-electron chi connectivity index (χ2n) is 11.0. The monoisotopic (exact) mass is 529 g/mol. The maximum atomic E-state index is 14.7. The third-order valence-electron chi connectivity index (χ3n) is 6.71. The van der Waals surface area contributed by atoms with E-state index in [0.29, 0.717) is 0 Å². The van der Waals surface area contributed by atoms with E-state index in [-0.39, 0.29) is 38.8 Å². The van der Waals surface area contributed by atoms with Gasteiger partial charge in [0.05, 0.1) is 12.7 Å². The van der Waals surface area contributed by atoms with Crippen LogP contribution in [0.15, 0.2) is 12.2 Å². The lowest BCUT2D eigenvalue weighted by Crippen LogP contribution is -2.56. The summed E-state index contributed by atoms with van der Waals surface area (Å²) in [6, 6.07) is -2.32. The summed E-state index contributed by atoms with van der Waals surface area (Å²) < 4.78 is 39.8. The molecule has 2 fully saturated rings. The zero-order valence-corrected chi connectivity index (χ0v) is 21.7. The molecule has 0 unspecified atom stereocenters. The van der Waals surface area contributed by atoms with E-state index >= 15 is 0 Å². The number of nitrogens with zero attached hydrogens (tertiary/aromatic N) is 1. The SMILES string of the molecule is CCOC(=O)[C@@]12C[C@H]1CC(F)(F)CC/C=C/C[C@H](NC(=O)OC(C)(C)C)C(=O)N1C[C@H](O)C[C@H]1C(=O)N2. The van der Waals surface area contributed by atoms with Gasteiger partial charge in [-0.1, -0.05) is 12.2 Å². The van der Waals surface area contributed by atoms with Gasteiger partial charge >= 0.3 is 12.1 Å². The number of carbonyl (C=O) groups is 4. The lowest BCUT2D eigenvalue weighted by molar-refractivity contribution is -0.150. The molecule has 0 radical (unpaired) electrons. The van der Waals surface area contributed by atoms with Crippen molar-refractivity contribution < 1.29 is 42.5 Å². The Hall–Kier alpha value is -2.76. The second kappa shape index (κ2) is 10.9. The lowest BCUT2D eigenvalue weighted by atomic mass is 10.0. The molecule has 2 aliphatic heterocycles. The molecule has 2 heterocycles. The Labute approximate surface area is 215 Å². The smallest absolute Gasteiger partial charge is 0.408 e. The number of halogens is 2. The highest BCUT2D eigenvalue weighted by molar-refractivity contribution is 5.96. The largest absolute Gasteiger partial charge is 0.464 e. The van der Waals surface area contributed by atoms with Gasteiger partial charge in [-0.3, -0.25) is 9.59 Å². The first-order valence-corrected chi connectivity index (χ1v) is 12.7. The van der Waals surface area contributed by atoms with Crippen molar-refractivity contribution in [1.82, 2.24) is 15.5 Å². The Kier molecular flexibility index (Phi) is 8.50. The van der Waals surface area contributed by atoms with Crippen LogP contribution in [0.1, 0.15) is 66.2 Å². The van der Waals surface area contributed by atoms with Crippen molar-refractivity contribution in [2.24, 2.45) is 5.92 Å². The molecule has 208 valence electrons. The van der Waals surface area contributed by atoms with Crippen LogP contribution in [-0.2, 0) is 23.9 Å². The second-order valence-corrected chi connectivity index (χ2v) is 11.0. The van der Waals surface area contributed by atoms with Crippen molar-refractivity contribution in [1.29, 1.82) is 0 Å². The molecule has 3 rings (SSSR count). The molecule has 3 N–H and O–H groups in total. The molecule has 12 heteroatoms. The Morgan fingerprint density at radius 1 is 1.24 bits per heavy atom. The summed E-state index contributed by atoms with van der Waals surface area (Å²) in [5.41, 5.74) is -2.44. The van der Waals surface area contributed by atoms with Crippen molar-refractivity contribution in [3.05, 3.63) is 12.2 Å². The van der Waals surface area contributed by atoms with E-state index in [1.54, 1.807) is 27.7 Å². The predicted octanol–water partition coefficient (Wildman–Crippen LogP) is 2.05. The van der Waals surface area contributed by atoms with Gasteiger partial charge in [0.25, 0.3) is 0 Å². The third kappa shape index (κ3) is 7.18. The maximum absolute atomic E-state index is 14.7. The van der Waals surface area contributed by atoms with Crippen LogP contribution >= 0.6 is 0 Å². The number of alkyl carbamates (subject to hydrolysis) is 1. The predicted molar refractivity (Wildman–Crippen MR) is 127 cm³/mol. The number of aliphatic hydroxyl groups excluding tert-OH is 1. The van der Waals surface area contributed by atoms with E-state index in [4.69, 9.17) is 9.47 Å². The first-order chi connectivity index (χ1) is 17.2. The standard InChI is InChI=1S/C25H37F2N3O7/c1-5-36-21(34)25-13-15(25)12-24(26,27)10-8-6-7-9-17(28-22(35)37-23(2,3)4)20(33)30-14-16(31)11-18(30)19(32)29-25/h6-7,15-18,31H,5,8-14H2,1-4H3,(H,28,35)(H,29,32)/b7-6+/t15-,16-,17+,18+,25-/m1/s1. The zero-order chi connectivity index (χ0) is 27.6.